The molecule has 0 fully saturated rings. The summed E-state index contributed by atoms with van der Waals surface area (Å²) in [4.78, 5) is 3.19. The Labute approximate surface area is 270 Å². The fraction of sp³-hybridized carbons (Fsp3) is 0.0286. The van der Waals surface area contributed by atoms with Crippen molar-refractivity contribution >= 4 is 22.3 Å². The van der Waals surface area contributed by atoms with Gasteiger partial charge in [0.15, 0.2) is 5.82 Å². The van der Waals surface area contributed by atoms with Crippen molar-refractivity contribution < 1.29 is 35.5 Å². The SMILES string of the molecule is N#CC(C#N)=C1C(c2ccc3c(c2)C(=C(C#N)C#N)c2cc(-c4nc(F)c(F)c(F)c4F)ccc2-3)=C(C#N)c2ccc(OC(F)(F)F)cc21. The fourth-order valence-corrected chi connectivity index (χ4v) is 5.85. The van der Waals surface area contributed by atoms with Crippen LogP contribution in [0.5, 0.6) is 5.75 Å². The van der Waals surface area contributed by atoms with Crippen LogP contribution in [0.25, 0.3) is 44.7 Å². The molecular formula is C35H9F7N6O. The van der Waals surface area contributed by atoms with Crippen molar-refractivity contribution in [3.63, 3.8) is 0 Å². The molecule has 234 valence electrons. The summed E-state index contributed by atoms with van der Waals surface area (Å²) in [6.07, 6.45) is -5.07. The molecule has 0 N–H and O–H groups in total. The first-order valence-corrected chi connectivity index (χ1v) is 13.5. The second-order valence-corrected chi connectivity index (χ2v) is 10.3. The van der Waals surface area contributed by atoms with Crippen LogP contribution in [-0.2, 0) is 0 Å². The molecule has 0 amide bonds. The van der Waals surface area contributed by atoms with Crippen molar-refractivity contribution in [1.82, 2.24) is 4.98 Å². The number of benzene rings is 3. The van der Waals surface area contributed by atoms with E-state index in [-0.39, 0.29) is 55.7 Å². The Hall–Kier alpha value is -7.21. The number of nitriles is 5. The molecule has 1 heterocycles. The van der Waals surface area contributed by atoms with Gasteiger partial charge in [0.2, 0.25) is 11.6 Å². The second kappa shape index (κ2) is 11.5. The second-order valence-electron chi connectivity index (χ2n) is 10.3. The highest BCUT2D eigenvalue weighted by Crippen LogP contribution is 2.52. The number of halogens is 7. The van der Waals surface area contributed by atoms with E-state index in [1.54, 1.807) is 24.3 Å². The van der Waals surface area contributed by atoms with E-state index in [2.05, 4.69) is 9.72 Å². The molecule has 7 nitrogen and oxygen atoms in total. The molecule has 1 aromatic heterocycles. The lowest BCUT2D eigenvalue weighted by Crippen LogP contribution is -2.17. The summed E-state index contributed by atoms with van der Waals surface area (Å²) in [7, 11) is 0. The minimum Gasteiger partial charge on any atom is -0.406 e. The number of aromatic nitrogens is 1. The van der Waals surface area contributed by atoms with Crippen molar-refractivity contribution in [2.45, 2.75) is 6.36 Å². The Kier molecular flexibility index (Phi) is 7.48. The number of ether oxygens (including phenoxy) is 1. The predicted octanol–water partition coefficient (Wildman–Crippen LogP) is 8.28. The number of nitrogens with zero attached hydrogens (tertiary/aromatic N) is 6. The van der Waals surface area contributed by atoms with Crippen molar-refractivity contribution in [3.05, 3.63) is 117 Å². The van der Waals surface area contributed by atoms with Gasteiger partial charge in [0, 0.05) is 27.8 Å². The van der Waals surface area contributed by atoms with Crippen LogP contribution < -0.4 is 4.74 Å². The number of fused-ring (bicyclic) bond motifs is 4. The van der Waals surface area contributed by atoms with E-state index in [0.717, 1.165) is 12.1 Å². The van der Waals surface area contributed by atoms with Gasteiger partial charge in [-0.15, -0.1) is 13.2 Å². The van der Waals surface area contributed by atoms with Gasteiger partial charge in [-0.1, -0.05) is 24.3 Å². The van der Waals surface area contributed by atoms with Gasteiger partial charge >= 0.3 is 6.36 Å². The van der Waals surface area contributed by atoms with Crippen LogP contribution in [0.1, 0.15) is 27.8 Å². The molecule has 0 radical (unpaired) electrons. The van der Waals surface area contributed by atoms with Gasteiger partial charge in [-0.2, -0.15) is 35.1 Å². The summed E-state index contributed by atoms with van der Waals surface area (Å²) in [5, 5.41) is 49.5. The highest BCUT2D eigenvalue weighted by molar-refractivity contribution is 6.26. The van der Waals surface area contributed by atoms with Crippen molar-refractivity contribution in [1.29, 1.82) is 26.3 Å². The molecule has 49 heavy (non-hydrogen) atoms. The molecule has 0 saturated carbocycles. The summed E-state index contributed by atoms with van der Waals surface area (Å²) in [6, 6.07) is 20.2. The van der Waals surface area contributed by atoms with Crippen LogP contribution in [0.4, 0.5) is 30.7 Å². The van der Waals surface area contributed by atoms with E-state index in [4.69, 9.17) is 0 Å². The van der Waals surface area contributed by atoms with Gasteiger partial charge in [-0.25, -0.2) is 13.8 Å². The van der Waals surface area contributed by atoms with E-state index in [1.807, 2.05) is 6.07 Å². The molecule has 0 spiro atoms. The van der Waals surface area contributed by atoms with E-state index in [1.165, 1.54) is 42.5 Å². The van der Waals surface area contributed by atoms with E-state index >= 15 is 0 Å². The first-order valence-electron chi connectivity index (χ1n) is 13.5. The summed E-state index contributed by atoms with van der Waals surface area (Å²) in [5.41, 5.74) is -1.18. The molecule has 0 bridgehead atoms. The highest BCUT2D eigenvalue weighted by atomic mass is 19.4. The molecule has 0 aliphatic heterocycles. The molecule has 0 saturated heterocycles. The Morgan fingerprint density at radius 2 is 1.12 bits per heavy atom. The van der Waals surface area contributed by atoms with Crippen LogP contribution >= 0.6 is 0 Å². The fourth-order valence-electron chi connectivity index (χ4n) is 5.85. The molecule has 3 aromatic carbocycles. The minimum absolute atomic E-state index is 0.0162. The lowest BCUT2D eigenvalue weighted by Gasteiger charge is -2.12. The van der Waals surface area contributed by atoms with Crippen LogP contribution in [-0.4, -0.2) is 11.3 Å². The molecule has 0 unspecified atom stereocenters. The summed E-state index contributed by atoms with van der Waals surface area (Å²) in [6.45, 7) is 0. The number of allylic oxidation sites excluding steroid dienone is 5. The van der Waals surface area contributed by atoms with E-state index < -0.39 is 52.4 Å². The maximum Gasteiger partial charge on any atom is 0.573 e. The van der Waals surface area contributed by atoms with Gasteiger partial charge < -0.3 is 4.74 Å². The van der Waals surface area contributed by atoms with Crippen LogP contribution in [0, 0.1) is 80.1 Å². The number of alkyl halides is 3. The Morgan fingerprint density at radius 1 is 0.592 bits per heavy atom. The predicted molar refractivity (Wildman–Crippen MR) is 156 cm³/mol. The third kappa shape index (κ3) is 5.00. The Balaban J connectivity index is 1.58. The summed E-state index contributed by atoms with van der Waals surface area (Å²) in [5.74, 6) is -8.58. The van der Waals surface area contributed by atoms with Gasteiger partial charge in [-0.3, -0.25) is 0 Å². The van der Waals surface area contributed by atoms with E-state index in [0.29, 0.717) is 11.1 Å². The molecular weight excluding hydrogens is 653 g/mol. The van der Waals surface area contributed by atoms with E-state index in [9.17, 15) is 57.0 Å². The molecule has 2 aliphatic carbocycles. The first-order chi connectivity index (χ1) is 23.4. The van der Waals surface area contributed by atoms with Gasteiger partial charge in [0.25, 0.3) is 5.95 Å². The topological polar surface area (TPSA) is 141 Å². The third-order valence-electron chi connectivity index (χ3n) is 7.74. The van der Waals surface area contributed by atoms with Gasteiger partial charge in [0.1, 0.15) is 52.9 Å². The smallest absolute Gasteiger partial charge is 0.406 e. The minimum atomic E-state index is -5.07. The molecule has 2 aliphatic rings. The Bertz CT molecular complexity index is 2480. The largest absolute Gasteiger partial charge is 0.573 e. The number of hydrogen-bond acceptors (Lipinski definition) is 7. The maximum atomic E-state index is 14.7. The molecule has 6 rings (SSSR count). The first kappa shape index (κ1) is 31.8. The summed E-state index contributed by atoms with van der Waals surface area (Å²) >= 11 is 0. The zero-order valence-corrected chi connectivity index (χ0v) is 23.9. The number of pyridine rings is 1. The monoisotopic (exact) mass is 662 g/mol. The average molecular weight is 662 g/mol. The number of rotatable bonds is 3. The van der Waals surface area contributed by atoms with Gasteiger partial charge in [0.05, 0.1) is 5.57 Å². The Morgan fingerprint density at radius 3 is 1.69 bits per heavy atom. The summed E-state index contributed by atoms with van der Waals surface area (Å²) < 4.78 is 99.5. The van der Waals surface area contributed by atoms with Crippen LogP contribution in [0.3, 0.4) is 0 Å². The quantitative estimate of drug-likeness (QED) is 0.108. The zero-order valence-electron chi connectivity index (χ0n) is 23.9. The zero-order chi connectivity index (χ0) is 35.4. The maximum absolute atomic E-state index is 14.7. The molecule has 4 aromatic rings. The normalized spacial score (nSPS) is 12.5. The van der Waals surface area contributed by atoms with Gasteiger partial charge in [-0.05, 0) is 63.7 Å². The van der Waals surface area contributed by atoms with Crippen LogP contribution in [0.2, 0.25) is 0 Å². The standard InChI is InChI=1S/C35H9F7N6O/c36-30-31(37)33(48-34(39)32(30)38)16-2-5-21-20-4-1-15(7-23(20)27(24(21)8-16)17(10-43)11-44)28-26(14-47)22-6-3-19(49-35(40,41)42)9-25(22)29(28)18(12-45)13-46/h1-9H. The lowest BCUT2D eigenvalue weighted by atomic mass is 9.90. The molecule has 14 heteroatoms. The van der Waals surface area contributed by atoms with Crippen molar-refractivity contribution in [3.8, 4) is 58.5 Å². The lowest BCUT2D eigenvalue weighted by molar-refractivity contribution is -0.274. The number of hydrogen-bond donors (Lipinski definition) is 0. The molecule has 0 atom stereocenters. The average Bonchev–Trinajstić information content (AvgIpc) is 3.57. The highest BCUT2D eigenvalue weighted by Gasteiger charge is 2.36. The van der Waals surface area contributed by atoms with Crippen molar-refractivity contribution in [2.75, 3.05) is 0 Å². The third-order valence-corrected chi connectivity index (χ3v) is 7.74. The van der Waals surface area contributed by atoms with Crippen molar-refractivity contribution in [2.24, 2.45) is 0 Å². The van der Waals surface area contributed by atoms with Crippen LogP contribution in [0.15, 0.2) is 65.7 Å².